The molecule has 2 aromatic carbocycles. The smallest absolute Gasteiger partial charge is 0.335 e. The highest BCUT2D eigenvalue weighted by Gasteiger charge is 2.21. The molecule has 0 spiro atoms. The summed E-state index contributed by atoms with van der Waals surface area (Å²) < 4.78 is 79.5. The molecule has 3 aromatic rings. The second kappa shape index (κ2) is 16.5. The number of unbranched alkanes of at least 4 members (excludes halogenated alkanes) is 13. The number of hydrogen-bond donors (Lipinski definition) is 0. The van der Waals surface area contributed by atoms with Gasteiger partial charge in [0.1, 0.15) is 10.6 Å². The van der Waals surface area contributed by atoms with Crippen molar-refractivity contribution < 1.29 is 29.3 Å². The second-order valence-corrected chi connectivity index (χ2v) is 13.7. The number of fused-ring (bicyclic) bond motifs is 1. The highest BCUT2D eigenvalue weighted by atomic mass is 35.5. The van der Waals surface area contributed by atoms with Crippen LogP contribution in [0.1, 0.15) is 96.8 Å². The normalized spacial score (nSPS) is 12.2. The molecule has 0 aliphatic heterocycles. The summed E-state index contributed by atoms with van der Waals surface area (Å²) in [6, 6.07) is 8.83. The lowest BCUT2D eigenvalue weighted by Crippen LogP contribution is -2.03. The van der Waals surface area contributed by atoms with E-state index in [9.17, 15) is 24.6 Å². The number of nitrogens with zero attached hydrogens (tertiary/aromatic N) is 1. The Morgan fingerprint density at radius 3 is 1.83 bits per heavy atom. The predicted octanol–water partition coefficient (Wildman–Crippen LogP) is 9.73. The lowest BCUT2D eigenvalue weighted by Gasteiger charge is -2.12. The molecule has 0 atom stereocenters. The van der Waals surface area contributed by atoms with Crippen molar-refractivity contribution in [2.75, 3.05) is 6.61 Å². The third-order valence-electron chi connectivity index (χ3n) is 7.27. The quantitative estimate of drug-likeness (QED) is 0.0954. The van der Waals surface area contributed by atoms with Gasteiger partial charge in [-0.25, -0.2) is 4.98 Å². The number of rotatable bonds is 19. The second-order valence-electron chi connectivity index (χ2n) is 10.7. The molecule has 0 saturated heterocycles. The Kier molecular flexibility index (Phi) is 13.5. The Balaban J connectivity index is 1.50. The van der Waals surface area contributed by atoms with Crippen LogP contribution in [0.3, 0.4) is 0 Å². The fourth-order valence-corrected chi connectivity index (χ4v) is 6.30. The maximum absolute atomic E-state index is 14.2. The Morgan fingerprint density at radius 2 is 1.29 bits per heavy atom. The molecule has 11 heteroatoms. The average molecular weight is 644 g/mol. The van der Waals surface area contributed by atoms with E-state index < -0.39 is 30.2 Å². The van der Waals surface area contributed by atoms with Crippen LogP contribution in [0.15, 0.2) is 52.3 Å². The first-order chi connectivity index (χ1) is 20.0. The van der Waals surface area contributed by atoms with Gasteiger partial charge in [0.05, 0.1) is 27.7 Å². The fourth-order valence-electron chi connectivity index (χ4n) is 4.92. The van der Waals surface area contributed by atoms with E-state index in [2.05, 4.69) is 11.9 Å². The Bertz CT molecular complexity index is 1530. The number of pyridine rings is 1. The van der Waals surface area contributed by atoms with Gasteiger partial charge in [-0.2, -0.15) is 16.8 Å². The van der Waals surface area contributed by atoms with Gasteiger partial charge < -0.3 is 4.74 Å². The molecular formula is C31H40ClF2NO5S2. The third kappa shape index (κ3) is 10.8. The largest absolute Gasteiger partial charge is 0.492 e. The number of hydrogen-bond acceptors (Lipinski definition) is 6. The zero-order valence-electron chi connectivity index (χ0n) is 24.1. The summed E-state index contributed by atoms with van der Waals surface area (Å²) in [4.78, 5) is 3.20. The summed E-state index contributed by atoms with van der Waals surface area (Å²) in [5.74, 6) is -0.0828. The highest BCUT2D eigenvalue weighted by molar-refractivity contribution is 7.86. The van der Waals surface area contributed by atoms with Crippen LogP contribution in [-0.4, -0.2) is 28.4 Å². The minimum atomic E-state index is -5.10. The first-order valence-corrected chi connectivity index (χ1v) is 17.9. The van der Waals surface area contributed by atoms with Crippen molar-refractivity contribution in [3.05, 3.63) is 47.5 Å². The molecule has 0 fully saturated rings. The molecule has 0 saturated carbocycles. The minimum Gasteiger partial charge on any atom is -0.492 e. The molecule has 0 radical (unpaired) electrons. The van der Waals surface area contributed by atoms with E-state index in [4.69, 9.17) is 16.3 Å². The molecule has 1 heterocycles. The van der Waals surface area contributed by atoms with Crippen LogP contribution in [0.4, 0.5) is 7.77 Å². The van der Waals surface area contributed by atoms with Crippen LogP contribution in [-0.2, 0) is 20.4 Å². The molecule has 232 valence electrons. The van der Waals surface area contributed by atoms with Crippen LogP contribution in [0.25, 0.3) is 22.2 Å². The van der Waals surface area contributed by atoms with Crippen LogP contribution < -0.4 is 4.74 Å². The number of ether oxygens (including phenoxy) is 1. The van der Waals surface area contributed by atoms with Gasteiger partial charge in [-0.15, -0.1) is 7.77 Å². The van der Waals surface area contributed by atoms with Crippen LogP contribution in [0.5, 0.6) is 5.75 Å². The number of aromatic nitrogens is 1. The van der Waals surface area contributed by atoms with Gasteiger partial charge in [0.25, 0.3) is 0 Å². The summed E-state index contributed by atoms with van der Waals surface area (Å²) in [5.41, 5.74) is 0.750. The first kappa shape index (κ1) is 34.2. The predicted molar refractivity (Wildman–Crippen MR) is 165 cm³/mol. The zero-order valence-corrected chi connectivity index (χ0v) is 26.5. The monoisotopic (exact) mass is 643 g/mol. The number of benzene rings is 2. The van der Waals surface area contributed by atoms with Crippen LogP contribution in [0, 0.1) is 0 Å². The van der Waals surface area contributed by atoms with Crippen molar-refractivity contribution in [2.24, 2.45) is 0 Å². The summed E-state index contributed by atoms with van der Waals surface area (Å²) >= 11 is 6.30. The minimum absolute atomic E-state index is 0.0725. The first-order valence-electron chi connectivity index (χ1n) is 14.8. The van der Waals surface area contributed by atoms with E-state index in [-0.39, 0.29) is 39.5 Å². The molecule has 0 aliphatic rings. The summed E-state index contributed by atoms with van der Waals surface area (Å²) in [6.45, 7) is 2.50. The van der Waals surface area contributed by atoms with Crippen molar-refractivity contribution in [3.8, 4) is 17.0 Å². The summed E-state index contributed by atoms with van der Waals surface area (Å²) in [6.07, 6.45) is 17.0. The molecule has 42 heavy (non-hydrogen) atoms. The van der Waals surface area contributed by atoms with Gasteiger partial charge >= 0.3 is 20.4 Å². The van der Waals surface area contributed by atoms with Crippen molar-refractivity contribution in [1.29, 1.82) is 0 Å². The molecule has 1 aromatic heterocycles. The third-order valence-corrected chi connectivity index (χ3v) is 9.24. The Hall–Kier alpha value is -2.30. The lowest BCUT2D eigenvalue weighted by atomic mass is 10.0. The van der Waals surface area contributed by atoms with Crippen molar-refractivity contribution in [2.45, 2.75) is 107 Å². The molecule has 3 rings (SSSR count). The van der Waals surface area contributed by atoms with E-state index in [0.717, 1.165) is 43.9 Å². The van der Waals surface area contributed by atoms with Gasteiger partial charge in [-0.1, -0.05) is 102 Å². The average Bonchev–Trinajstić information content (AvgIpc) is 2.94. The van der Waals surface area contributed by atoms with Gasteiger partial charge in [-0.3, -0.25) is 0 Å². The Labute approximate surface area is 254 Å². The van der Waals surface area contributed by atoms with E-state index in [1.165, 1.54) is 82.4 Å². The molecule has 0 amide bonds. The van der Waals surface area contributed by atoms with Crippen molar-refractivity contribution in [1.82, 2.24) is 4.98 Å². The topological polar surface area (TPSA) is 90.4 Å². The van der Waals surface area contributed by atoms with Gasteiger partial charge in [0.15, 0.2) is 0 Å². The maximum Gasteiger partial charge on any atom is 0.335 e. The van der Waals surface area contributed by atoms with Crippen LogP contribution in [0.2, 0.25) is 5.02 Å². The molecule has 0 bridgehead atoms. The number of halogens is 3. The summed E-state index contributed by atoms with van der Waals surface area (Å²) in [7, 11) is -10.0. The van der Waals surface area contributed by atoms with Gasteiger partial charge in [0, 0.05) is 10.9 Å². The van der Waals surface area contributed by atoms with Crippen LogP contribution >= 0.6 is 11.6 Å². The van der Waals surface area contributed by atoms with Gasteiger partial charge in [-0.05, 0) is 48.9 Å². The van der Waals surface area contributed by atoms with E-state index in [1.54, 1.807) is 6.07 Å². The van der Waals surface area contributed by atoms with E-state index in [1.807, 2.05) is 0 Å². The van der Waals surface area contributed by atoms with Crippen molar-refractivity contribution >= 4 is 43.0 Å². The lowest BCUT2D eigenvalue weighted by molar-refractivity contribution is 0.296. The molecule has 0 aliphatic carbocycles. The van der Waals surface area contributed by atoms with E-state index >= 15 is 0 Å². The Morgan fingerprint density at radius 1 is 0.714 bits per heavy atom. The highest BCUT2D eigenvalue weighted by Crippen LogP contribution is 2.34. The summed E-state index contributed by atoms with van der Waals surface area (Å²) in [5, 5.41) is 0.272. The van der Waals surface area contributed by atoms with Crippen molar-refractivity contribution in [3.63, 3.8) is 0 Å². The standard InChI is InChI=1S/C31H40ClF2NO5S2/c1-2-3-4-5-6-7-8-9-10-11-12-13-14-15-20-40-30-19-16-24(21-31(30)42(34,38)39)29-23-27(32)26-22-25(41(33,36)37)17-18-28(26)35-29/h16-19,21-23H,2-15,20H2,1H3. The molecule has 0 N–H and O–H groups in total. The fraction of sp³-hybridized carbons (Fsp3) is 0.516. The van der Waals surface area contributed by atoms with Gasteiger partial charge in [0.2, 0.25) is 0 Å². The SMILES string of the molecule is CCCCCCCCCCCCCCCCOc1ccc(-c2cc(Cl)c3cc(S(=O)(=O)F)ccc3n2)cc1S(=O)(=O)F. The molecule has 0 unspecified atom stereocenters. The maximum atomic E-state index is 14.2. The van der Waals surface area contributed by atoms with E-state index in [0.29, 0.717) is 0 Å². The molecular weight excluding hydrogens is 604 g/mol. The zero-order chi connectivity index (χ0) is 30.6. The molecule has 6 nitrogen and oxygen atoms in total.